The number of rotatable bonds is 7. The molecule has 2 aliphatic heterocycles. The smallest absolute Gasteiger partial charge is 0.352 e. The van der Waals surface area contributed by atoms with Gasteiger partial charge in [-0.05, 0) is 10.8 Å². The Morgan fingerprint density at radius 3 is 3.08 bits per heavy atom. The van der Waals surface area contributed by atoms with Crippen LogP contribution < -0.4 is 5.32 Å². The van der Waals surface area contributed by atoms with Crippen LogP contribution in [0, 0.1) is 11.3 Å². The second-order valence-electron chi connectivity index (χ2n) is 5.01. The Morgan fingerprint density at radius 2 is 2.48 bits per heavy atom. The maximum absolute atomic E-state index is 12.2. The number of hydrogen-bond acceptors (Lipinski definition) is 9. The zero-order chi connectivity index (χ0) is 18.0. The number of carbonyl (C=O) groups is 3. The summed E-state index contributed by atoms with van der Waals surface area (Å²) in [5.41, 5.74) is 0.303. The Balaban J connectivity index is 1.94. The molecule has 0 spiro atoms. The van der Waals surface area contributed by atoms with Gasteiger partial charge in [0.1, 0.15) is 17.1 Å². The van der Waals surface area contributed by atoms with Crippen molar-refractivity contribution >= 4 is 41.8 Å². The zero-order valence-corrected chi connectivity index (χ0v) is 14.1. The molecule has 3 N–H and O–H groups in total. The highest BCUT2D eigenvalue weighted by molar-refractivity contribution is 8.01. The van der Waals surface area contributed by atoms with Crippen molar-refractivity contribution in [3.05, 3.63) is 11.3 Å². The fourth-order valence-corrected chi connectivity index (χ4v) is 5.10. The number of hydrogen-bond donors (Lipinski definition) is 3. The maximum atomic E-state index is 12.2. The monoisotopic (exact) mass is 381 g/mol. The number of nitriles is 1. The van der Waals surface area contributed by atoms with Gasteiger partial charge in [-0.2, -0.15) is 10.5 Å². The van der Waals surface area contributed by atoms with Gasteiger partial charge in [-0.25, -0.2) is 4.79 Å². The number of fused-ring (bicyclic) bond motifs is 1. The van der Waals surface area contributed by atoms with E-state index >= 15 is 0 Å². The number of amides is 2. The Labute approximate surface area is 149 Å². The lowest BCUT2D eigenvalue weighted by atomic mass is 10.0. The van der Waals surface area contributed by atoms with Crippen LogP contribution in [-0.4, -0.2) is 71.3 Å². The molecule has 0 aromatic carbocycles. The summed E-state index contributed by atoms with van der Waals surface area (Å²) in [7, 11) is 0. The molecule has 0 saturated carbocycles. The van der Waals surface area contributed by atoms with Gasteiger partial charge in [0.15, 0.2) is 0 Å². The van der Waals surface area contributed by atoms with Crippen LogP contribution in [0.1, 0.15) is 6.42 Å². The number of nitrogens with one attached hydrogen (secondary N) is 2. The first-order chi connectivity index (χ1) is 12.1. The van der Waals surface area contributed by atoms with Crippen LogP contribution in [0.15, 0.2) is 16.4 Å². The molecular formula is C12H11N7O4S2. The minimum Gasteiger partial charge on any atom is -0.477 e. The van der Waals surface area contributed by atoms with Crippen molar-refractivity contribution in [2.45, 2.75) is 28.2 Å². The quantitative estimate of drug-likeness (QED) is 0.301. The van der Waals surface area contributed by atoms with Crippen LogP contribution in [0.5, 0.6) is 0 Å². The summed E-state index contributed by atoms with van der Waals surface area (Å²) in [6.45, 7) is 0. The summed E-state index contributed by atoms with van der Waals surface area (Å²) in [5.74, 6) is -1.43. The van der Waals surface area contributed by atoms with Crippen molar-refractivity contribution < 1.29 is 19.5 Å². The van der Waals surface area contributed by atoms with Crippen molar-refractivity contribution in [3.8, 4) is 6.07 Å². The van der Waals surface area contributed by atoms with E-state index in [1.54, 1.807) is 0 Å². The second kappa shape index (κ2) is 7.11. The fraction of sp³-hybridized carbons (Fsp3) is 0.417. The Bertz CT molecular complexity index is 775. The van der Waals surface area contributed by atoms with Crippen LogP contribution in [-0.2, 0) is 14.4 Å². The molecule has 2 amide bonds. The Kier molecular flexibility index (Phi) is 4.91. The van der Waals surface area contributed by atoms with Gasteiger partial charge in [0.25, 0.3) is 5.91 Å². The van der Waals surface area contributed by atoms with E-state index in [1.165, 1.54) is 11.8 Å². The van der Waals surface area contributed by atoms with Gasteiger partial charge in [0.2, 0.25) is 11.6 Å². The number of nitrogens with zero attached hydrogens (tertiary/aromatic N) is 5. The molecule has 1 saturated heterocycles. The normalized spacial score (nSPS) is 23.3. The second-order valence-corrected chi connectivity index (χ2v) is 7.29. The van der Waals surface area contributed by atoms with E-state index in [4.69, 9.17) is 5.26 Å². The number of carboxylic acids is 1. The molecular weight excluding hydrogens is 370 g/mol. The number of thioether (sulfide) groups is 2. The largest absolute Gasteiger partial charge is 0.477 e. The van der Waals surface area contributed by atoms with Crippen LogP contribution in [0.3, 0.4) is 0 Å². The van der Waals surface area contributed by atoms with E-state index in [0.29, 0.717) is 17.7 Å². The molecule has 1 fully saturated rings. The van der Waals surface area contributed by atoms with Crippen molar-refractivity contribution in [1.29, 1.82) is 5.26 Å². The summed E-state index contributed by atoms with van der Waals surface area (Å²) in [6, 6.07) is 1.28. The lowest BCUT2D eigenvalue weighted by Gasteiger charge is -2.49. The summed E-state index contributed by atoms with van der Waals surface area (Å²) in [5, 5.41) is 33.7. The van der Waals surface area contributed by atoms with Crippen LogP contribution >= 0.6 is 23.5 Å². The summed E-state index contributed by atoms with van der Waals surface area (Å²) >= 11 is 2.44. The maximum Gasteiger partial charge on any atom is 0.352 e. The van der Waals surface area contributed by atoms with Gasteiger partial charge in [-0.3, -0.25) is 14.5 Å². The molecule has 3 heterocycles. The van der Waals surface area contributed by atoms with Gasteiger partial charge in [0, 0.05) is 11.0 Å². The molecule has 2 aliphatic rings. The number of aromatic nitrogens is 4. The molecule has 25 heavy (non-hydrogen) atoms. The van der Waals surface area contributed by atoms with E-state index < -0.39 is 28.5 Å². The molecule has 1 aromatic heterocycles. The SMILES string of the molecule is N#CCC(Sc1nn[nH]n1)C1=C(C(=O)O)N2C(=O)C(NC=O)[C@H]2SC1. The number of β-lactam (4-membered cyclic amide) rings is 1. The first-order valence-electron chi connectivity index (χ1n) is 6.96. The molecule has 130 valence electrons. The van der Waals surface area contributed by atoms with Gasteiger partial charge in [0.05, 0.1) is 12.5 Å². The average Bonchev–Trinajstić information content (AvgIpc) is 3.10. The topological polar surface area (TPSA) is 165 Å². The van der Waals surface area contributed by atoms with Crippen LogP contribution in [0.4, 0.5) is 0 Å². The molecule has 0 aliphatic carbocycles. The molecule has 2 unspecified atom stereocenters. The van der Waals surface area contributed by atoms with E-state index in [9.17, 15) is 19.5 Å². The molecule has 3 rings (SSSR count). The molecule has 1 aromatic rings. The highest BCUT2D eigenvalue weighted by Gasteiger charge is 2.54. The summed E-state index contributed by atoms with van der Waals surface area (Å²) in [6.07, 6.45) is 0.444. The number of carboxylic acid groups (broad SMARTS) is 1. The average molecular weight is 381 g/mol. The number of aromatic amines is 1. The van der Waals surface area contributed by atoms with Gasteiger partial charge in [-0.15, -0.1) is 22.0 Å². The van der Waals surface area contributed by atoms with E-state index in [-0.39, 0.29) is 17.3 Å². The molecule has 0 bridgehead atoms. The minimum atomic E-state index is -1.25. The predicted octanol–water partition coefficient (Wildman–Crippen LogP) is -1.06. The first kappa shape index (κ1) is 17.2. The van der Waals surface area contributed by atoms with Crippen LogP contribution in [0.2, 0.25) is 0 Å². The number of H-pyrrole nitrogens is 1. The summed E-state index contributed by atoms with van der Waals surface area (Å²) in [4.78, 5) is 35.8. The van der Waals surface area contributed by atoms with Crippen molar-refractivity contribution in [2.24, 2.45) is 0 Å². The first-order valence-corrected chi connectivity index (χ1v) is 8.89. The third-order valence-electron chi connectivity index (χ3n) is 3.69. The number of tetrazole rings is 1. The third kappa shape index (κ3) is 3.05. The number of carbonyl (C=O) groups excluding carboxylic acids is 2. The van der Waals surface area contributed by atoms with E-state index in [2.05, 4.69) is 25.9 Å². The van der Waals surface area contributed by atoms with Crippen molar-refractivity contribution in [1.82, 2.24) is 30.8 Å². The zero-order valence-electron chi connectivity index (χ0n) is 12.4. The predicted molar refractivity (Wildman–Crippen MR) is 84.8 cm³/mol. The lowest BCUT2D eigenvalue weighted by molar-refractivity contribution is -0.149. The standard InChI is InChI=1S/C12H11N7O4S2/c13-2-1-6(25-12-15-17-18-16-12)5-3-24-10-7(14-4-20)9(21)19(10)8(5)11(22)23/h4,6-7,10H,1,3H2,(H,14,20)(H,22,23)(H,15,16,17,18)/t6?,7?,10-/m1/s1. The van der Waals surface area contributed by atoms with E-state index in [0.717, 1.165) is 16.7 Å². The fourth-order valence-electron chi connectivity index (χ4n) is 2.63. The highest BCUT2D eigenvalue weighted by atomic mass is 32.2. The van der Waals surface area contributed by atoms with Crippen molar-refractivity contribution in [2.75, 3.05) is 5.75 Å². The van der Waals surface area contributed by atoms with Crippen molar-refractivity contribution in [3.63, 3.8) is 0 Å². The summed E-state index contributed by atoms with van der Waals surface area (Å²) < 4.78 is 0. The van der Waals surface area contributed by atoms with Gasteiger partial charge >= 0.3 is 5.97 Å². The number of aliphatic carboxylic acids is 1. The molecule has 13 heteroatoms. The van der Waals surface area contributed by atoms with Gasteiger partial charge < -0.3 is 10.4 Å². The van der Waals surface area contributed by atoms with Gasteiger partial charge in [-0.1, -0.05) is 11.8 Å². The molecule has 11 nitrogen and oxygen atoms in total. The van der Waals surface area contributed by atoms with E-state index in [1.807, 2.05) is 6.07 Å². The molecule has 0 radical (unpaired) electrons. The molecule has 3 atom stereocenters. The minimum absolute atomic E-state index is 0.0224. The lowest BCUT2D eigenvalue weighted by Crippen LogP contribution is -2.69. The van der Waals surface area contributed by atoms with Crippen LogP contribution in [0.25, 0.3) is 0 Å². The highest BCUT2D eigenvalue weighted by Crippen LogP contribution is 2.43. The third-order valence-corrected chi connectivity index (χ3v) is 6.11. The Hall–Kier alpha value is -2.59. The Morgan fingerprint density at radius 1 is 1.68 bits per heavy atom.